The van der Waals surface area contributed by atoms with E-state index in [0.717, 1.165) is 12.1 Å². The van der Waals surface area contributed by atoms with Gasteiger partial charge in [0.2, 0.25) is 0 Å². The lowest BCUT2D eigenvalue weighted by Crippen LogP contribution is -2.13. The lowest BCUT2D eigenvalue weighted by molar-refractivity contribution is 0.0759. The Labute approximate surface area is 98.7 Å². The van der Waals surface area contributed by atoms with E-state index in [9.17, 15) is 8.78 Å². The number of hydrogen-bond acceptors (Lipinski definition) is 4. The number of nitrogen functional groups attached to an aromatic ring is 1. The van der Waals surface area contributed by atoms with E-state index in [2.05, 4.69) is 5.32 Å². The first-order chi connectivity index (χ1) is 8.15. The summed E-state index contributed by atoms with van der Waals surface area (Å²) in [5.74, 6) is -1.42. The van der Waals surface area contributed by atoms with Crippen molar-refractivity contribution < 1.29 is 18.3 Å². The van der Waals surface area contributed by atoms with Crippen LogP contribution in [0.3, 0.4) is 0 Å². The molecule has 0 aromatic heterocycles. The molecule has 0 atom stereocenters. The van der Waals surface area contributed by atoms with Gasteiger partial charge in [0, 0.05) is 19.3 Å². The highest BCUT2D eigenvalue weighted by molar-refractivity contribution is 5.53. The number of rotatable bonds is 7. The van der Waals surface area contributed by atoms with Gasteiger partial charge >= 0.3 is 0 Å². The minimum absolute atomic E-state index is 0.0573. The molecule has 0 saturated heterocycles. The molecule has 0 bridgehead atoms. The van der Waals surface area contributed by atoms with Crippen LogP contribution in [0.5, 0.6) is 0 Å². The smallest absolute Gasteiger partial charge is 0.151 e. The van der Waals surface area contributed by atoms with Gasteiger partial charge in [0.25, 0.3) is 0 Å². The number of nitrogens with two attached hydrogens (primary N) is 1. The predicted octanol–water partition coefficient (Wildman–Crippen LogP) is 1.62. The van der Waals surface area contributed by atoms with Crippen LogP contribution in [0.1, 0.15) is 0 Å². The minimum atomic E-state index is -0.709. The molecule has 0 radical (unpaired) electrons. The number of ether oxygens (including phenoxy) is 2. The molecular formula is C11H16F2N2O2. The highest BCUT2D eigenvalue weighted by Crippen LogP contribution is 2.21. The second-order valence-corrected chi connectivity index (χ2v) is 3.39. The van der Waals surface area contributed by atoms with Crippen LogP contribution in [-0.4, -0.2) is 33.5 Å². The number of anilines is 2. The van der Waals surface area contributed by atoms with Gasteiger partial charge < -0.3 is 20.5 Å². The zero-order valence-electron chi connectivity index (χ0n) is 9.63. The summed E-state index contributed by atoms with van der Waals surface area (Å²) in [5.41, 5.74) is 5.16. The van der Waals surface area contributed by atoms with E-state index in [0.29, 0.717) is 26.4 Å². The Hall–Kier alpha value is -1.40. The molecule has 0 aliphatic rings. The Morgan fingerprint density at radius 2 is 1.82 bits per heavy atom. The monoisotopic (exact) mass is 246 g/mol. The molecule has 1 aromatic carbocycles. The number of hydrogen-bond donors (Lipinski definition) is 2. The molecule has 0 aliphatic heterocycles. The summed E-state index contributed by atoms with van der Waals surface area (Å²) in [4.78, 5) is 0. The Bertz CT molecular complexity index is 338. The van der Waals surface area contributed by atoms with Gasteiger partial charge in [-0.3, -0.25) is 0 Å². The molecule has 17 heavy (non-hydrogen) atoms. The highest BCUT2D eigenvalue weighted by atomic mass is 19.1. The Balaban J connectivity index is 2.36. The summed E-state index contributed by atoms with van der Waals surface area (Å²) in [5, 5.41) is 2.61. The van der Waals surface area contributed by atoms with Crippen LogP contribution < -0.4 is 11.1 Å². The van der Waals surface area contributed by atoms with Gasteiger partial charge in [-0.15, -0.1) is 0 Å². The van der Waals surface area contributed by atoms with Gasteiger partial charge in [0.15, 0.2) is 11.6 Å². The molecule has 6 heteroatoms. The maximum Gasteiger partial charge on any atom is 0.151 e. The van der Waals surface area contributed by atoms with Crippen molar-refractivity contribution in [2.24, 2.45) is 0 Å². The van der Waals surface area contributed by atoms with Gasteiger partial charge in [-0.2, -0.15) is 0 Å². The van der Waals surface area contributed by atoms with Gasteiger partial charge in [0.05, 0.1) is 19.8 Å². The van der Waals surface area contributed by atoms with Crippen molar-refractivity contribution >= 4 is 11.4 Å². The van der Waals surface area contributed by atoms with Crippen LogP contribution in [0.15, 0.2) is 12.1 Å². The molecule has 0 fully saturated rings. The average Bonchev–Trinajstić information content (AvgIpc) is 2.26. The van der Waals surface area contributed by atoms with E-state index in [-0.39, 0.29) is 11.4 Å². The molecular weight excluding hydrogens is 230 g/mol. The lowest BCUT2D eigenvalue weighted by Gasteiger charge is -2.09. The molecule has 0 saturated carbocycles. The van der Waals surface area contributed by atoms with E-state index >= 15 is 0 Å². The fourth-order valence-electron chi connectivity index (χ4n) is 1.25. The molecule has 0 aliphatic carbocycles. The molecule has 3 N–H and O–H groups in total. The summed E-state index contributed by atoms with van der Waals surface area (Å²) in [6.45, 7) is 1.59. The van der Waals surface area contributed by atoms with Crippen LogP contribution in [0, 0.1) is 11.6 Å². The normalized spacial score (nSPS) is 10.5. The predicted molar refractivity (Wildman–Crippen MR) is 62.0 cm³/mol. The lowest BCUT2D eigenvalue weighted by atomic mass is 10.2. The summed E-state index contributed by atoms with van der Waals surface area (Å²) < 4.78 is 36.5. The van der Waals surface area contributed by atoms with E-state index in [1.165, 1.54) is 0 Å². The number of benzene rings is 1. The summed E-state index contributed by atoms with van der Waals surface area (Å²) >= 11 is 0. The number of methoxy groups -OCH3 is 1. The van der Waals surface area contributed by atoms with Crippen molar-refractivity contribution in [3.63, 3.8) is 0 Å². The fraction of sp³-hybridized carbons (Fsp3) is 0.455. The van der Waals surface area contributed by atoms with Crippen molar-refractivity contribution in [3.05, 3.63) is 23.8 Å². The minimum Gasteiger partial charge on any atom is -0.399 e. The third kappa shape index (κ3) is 4.54. The van der Waals surface area contributed by atoms with Crippen molar-refractivity contribution in [3.8, 4) is 0 Å². The first kappa shape index (κ1) is 13.7. The zero-order chi connectivity index (χ0) is 12.7. The molecule has 96 valence electrons. The van der Waals surface area contributed by atoms with Crippen molar-refractivity contribution in [1.82, 2.24) is 0 Å². The SMILES string of the molecule is COCCOCCNc1c(F)cc(N)cc1F. The van der Waals surface area contributed by atoms with Gasteiger partial charge in [0.1, 0.15) is 5.69 Å². The largest absolute Gasteiger partial charge is 0.399 e. The molecule has 0 heterocycles. The topological polar surface area (TPSA) is 56.5 Å². The number of nitrogens with one attached hydrogen (secondary N) is 1. The van der Waals surface area contributed by atoms with Crippen LogP contribution in [-0.2, 0) is 9.47 Å². The highest BCUT2D eigenvalue weighted by Gasteiger charge is 2.09. The second kappa shape index (κ2) is 7.03. The van der Waals surface area contributed by atoms with Gasteiger partial charge in [-0.05, 0) is 12.1 Å². The first-order valence-corrected chi connectivity index (χ1v) is 5.20. The molecule has 4 nitrogen and oxygen atoms in total. The second-order valence-electron chi connectivity index (χ2n) is 3.39. The van der Waals surface area contributed by atoms with E-state index < -0.39 is 11.6 Å². The van der Waals surface area contributed by atoms with Gasteiger partial charge in [-0.1, -0.05) is 0 Å². The maximum absolute atomic E-state index is 13.3. The fourth-order valence-corrected chi connectivity index (χ4v) is 1.25. The summed E-state index contributed by atoms with van der Waals surface area (Å²) in [7, 11) is 1.57. The van der Waals surface area contributed by atoms with Crippen molar-refractivity contribution in [1.29, 1.82) is 0 Å². The van der Waals surface area contributed by atoms with E-state index in [1.54, 1.807) is 7.11 Å². The zero-order valence-corrected chi connectivity index (χ0v) is 9.63. The van der Waals surface area contributed by atoms with Crippen molar-refractivity contribution in [2.75, 3.05) is 44.5 Å². The maximum atomic E-state index is 13.3. The first-order valence-electron chi connectivity index (χ1n) is 5.20. The Morgan fingerprint density at radius 3 is 2.41 bits per heavy atom. The van der Waals surface area contributed by atoms with Crippen LogP contribution in [0.2, 0.25) is 0 Å². The standard InChI is InChI=1S/C11H16F2N2O2/c1-16-4-5-17-3-2-15-11-9(12)6-8(14)7-10(11)13/h6-7,15H,2-5,14H2,1H3. The van der Waals surface area contributed by atoms with Crippen molar-refractivity contribution in [2.45, 2.75) is 0 Å². The molecule has 1 aromatic rings. The Kier molecular flexibility index (Phi) is 5.65. The average molecular weight is 246 g/mol. The van der Waals surface area contributed by atoms with Crippen LogP contribution in [0.4, 0.5) is 20.2 Å². The van der Waals surface area contributed by atoms with E-state index in [4.69, 9.17) is 15.2 Å². The van der Waals surface area contributed by atoms with Crippen LogP contribution >= 0.6 is 0 Å². The number of halogens is 2. The molecule has 0 spiro atoms. The molecule has 0 unspecified atom stereocenters. The quantitative estimate of drug-likeness (QED) is 0.567. The summed E-state index contributed by atoms with van der Waals surface area (Å²) in [6, 6.07) is 2.13. The molecule has 0 amide bonds. The third-order valence-corrected chi connectivity index (χ3v) is 2.04. The third-order valence-electron chi connectivity index (χ3n) is 2.04. The summed E-state index contributed by atoms with van der Waals surface area (Å²) in [6.07, 6.45) is 0. The van der Waals surface area contributed by atoms with E-state index in [1.807, 2.05) is 0 Å². The van der Waals surface area contributed by atoms with Gasteiger partial charge in [-0.25, -0.2) is 8.78 Å². The Morgan fingerprint density at radius 1 is 1.18 bits per heavy atom. The molecule has 1 rings (SSSR count). The van der Waals surface area contributed by atoms with Crippen LogP contribution in [0.25, 0.3) is 0 Å².